The number of anilines is 1. The van der Waals surface area contributed by atoms with E-state index in [1.807, 2.05) is 6.92 Å². The van der Waals surface area contributed by atoms with Crippen LogP contribution in [0.5, 0.6) is 5.75 Å². The van der Waals surface area contributed by atoms with E-state index in [0.717, 1.165) is 30.0 Å². The quantitative estimate of drug-likeness (QED) is 0.230. The van der Waals surface area contributed by atoms with Gasteiger partial charge in [-0.05, 0) is 68.1 Å². The lowest BCUT2D eigenvalue weighted by atomic mass is 10.1. The highest BCUT2D eigenvalue weighted by molar-refractivity contribution is 7.92. The van der Waals surface area contributed by atoms with E-state index in [9.17, 15) is 18.0 Å². The van der Waals surface area contributed by atoms with Gasteiger partial charge >= 0.3 is 0 Å². The molecule has 230 valence electrons. The van der Waals surface area contributed by atoms with Crippen molar-refractivity contribution in [2.75, 3.05) is 17.5 Å². The van der Waals surface area contributed by atoms with Crippen LogP contribution in [0.4, 0.5) is 5.69 Å². The third-order valence-corrected chi connectivity index (χ3v) is 9.98. The Kier molecular flexibility index (Phi) is 11.3. The molecular weight excluding hydrogens is 609 g/mol. The second-order valence-corrected chi connectivity index (χ2v) is 13.1. The molecule has 0 aliphatic heterocycles. The number of ether oxygens (including phenoxy) is 1. The maximum atomic E-state index is 14.3. The maximum absolute atomic E-state index is 14.3. The number of nitrogens with one attached hydrogen (secondary N) is 1. The van der Waals surface area contributed by atoms with Gasteiger partial charge in [0.05, 0.1) is 27.2 Å². The van der Waals surface area contributed by atoms with Gasteiger partial charge < -0.3 is 15.0 Å². The van der Waals surface area contributed by atoms with E-state index in [1.54, 1.807) is 67.6 Å². The highest BCUT2D eigenvalue weighted by Crippen LogP contribution is 2.33. The van der Waals surface area contributed by atoms with Crippen molar-refractivity contribution in [1.82, 2.24) is 10.2 Å². The molecule has 0 aromatic heterocycles. The summed E-state index contributed by atoms with van der Waals surface area (Å²) in [4.78, 5) is 29.4. The Labute approximate surface area is 264 Å². The average Bonchev–Trinajstić information content (AvgIpc) is 3.51. The number of sulfonamides is 1. The Hall–Kier alpha value is -3.27. The molecule has 1 saturated carbocycles. The van der Waals surface area contributed by atoms with Crippen molar-refractivity contribution in [3.05, 3.63) is 88.4 Å². The number of benzene rings is 3. The zero-order valence-electron chi connectivity index (χ0n) is 24.3. The summed E-state index contributed by atoms with van der Waals surface area (Å²) >= 11 is 12.4. The lowest BCUT2D eigenvalue weighted by molar-refractivity contribution is -0.140. The summed E-state index contributed by atoms with van der Waals surface area (Å²) in [6, 6.07) is 18.8. The predicted octanol–water partition coefficient (Wildman–Crippen LogP) is 6.45. The summed E-state index contributed by atoms with van der Waals surface area (Å²) in [6.45, 7) is 3.39. The Morgan fingerprint density at radius 2 is 1.63 bits per heavy atom. The smallest absolute Gasteiger partial charge is 0.264 e. The molecule has 11 heteroatoms. The molecule has 0 heterocycles. The third kappa shape index (κ3) is 8.02. The predicted molar refractivity (Wildman–Crippen MR) is 170 cm³/mol. The van der Waals surface area contributed by atoms with Gasteiger partial charge in [-0.15, -0.1) is 0 Å². The monoisotopic (exact) mass is 645 g/mol. The SMILES string of the molecule is CCOc1ccccc1N(CC(=O)N(Cc1ccc(Cl)c(Cl)c1)[C@@H](CC)C(=O)NC1CCCC1)S(=O)(=O)c1ccccc1. The highest BCUT2D eigenvalue weighted by Gasteiger charge is 2.35. The van der Waals surface area contributed by atoms with Crippen molar-refractivity contribution < 1.29 is 22.7 Å². The van der Waals surface area contributed by atoms with Crippen LogP contribution in [0.3, 0.4) is 0 Å². The van der Waals surface area contributed by atoms with Gasteiger partial charge in [-0.1, -0.05) is 79.4 Å². The van der Waals surface area contributed by atoms with Crippen LogP contribution >= 0.6 is 23.2 Å². The van der Waals surface area contributed by atoms with Crippen molar-refractivity contribution in [2.45, 2.75) is 69.5 Å². The molecule has 1 fully saturated rings. The van der Waals surface area contributed by atoms with Gasteiger partial charge in [-0.2, -0.15) is 0 Å². The van der Waals surface area contributed by atoms with Crippen LogP contribution in [0.2, 0.25) is 10.0 Å². The fourth-order valence-corrected chi connectivity index (χ4v) is 7.06. The van der Waals surface area contributed by atoms with E-state index in [0.29, 0.717) is 34.4 Å². The first-order valence-electron chi connectivity index (χ1n) is 14.5. The lowest BCUT2D eigenvalue weighted by Gasteiger charge is -2.34. The second kappa shape index (κ2) is 14.9. The minimum atomic E-state index is -4.21. The minimum Gasteiger partial charge on any atom is -0.492 e. The van der Waals surface area contributed by atoms with Crippen LogP contribution in [-0.4, -0.2) is 50.4 Å². The van der Waals surface area contributed by atoms with Crippen molar-refractivity contribution >= 4 is 50.7 Å². The zero-order chi connectivity index (χ0) is 31.0. The molecule has 0 spiro atoms. The summed E-state index contributed by atoms with van der Waals surface area (Å²) in [5.74, 6) is -0.500. The number of amides is 2. The Morgan fingerprint density at radius 3 is 2.28 bits per heavy atom. The molecule has 0 unspecified atom stereocenters. The Morgan fingerprint density at radius 1 is 0.953 bits per heavy atom. The van der Waals surface area contributed by atoms with E-state index in [2.05, 4.69) is 5.32 Å². The van der Waals surface area contributed by atoms with Gasteiger partial charge in [0.1, 0.15) is 18.3 Å². The van der Waals surface area contributed by atoms with Crippen LogP contribution in [0.25, 0.3) is 0 Å². The molecule has 1 aliphatic carbocycles. The molecule has 2 amide bonds. The van der Waals surface area contributed by atoms with Gasteiger partial charge in [0.15, 0.2) is 0 Å². The molecule has 1 atom stereocenters. The third-order valence-electron chi connectivity index (χ3n) is 7.47. The summed E-state index contributed by atoms with van der Waals surface area (Å²) in [7, 11) is -4.21. The summed E-state index contributed by atoms with van der Waals surface area (Å²) < 4.78 is 35.0. The number of rotatable bonds is 13. The summed E-state index contributed by atoms with van der Waals surface area (Å²) in [5, 5.41) is 3.78. The topological polar surface area (TPSA) is 96.0 Å². The normalized spacial score (nSPS) is 14.2. The Balaban J connectivity index is 1.75. The Bertz CT molecular complexity index is 1510. The first kappa shape index (κ1) is 32.6. The molecule has 4 rings (SSSR count). The van der Waals surface area contributed by atoms with Gasteiger partial charge in [-0.3, -0.25) is 13.9 Å². The fourth-order valence-electron chi connectivity index (χ4n) is 5.30. The van der Waals surface area contributed by atoms with Crippen LogP contribution in [0.1, 0.15) is 51.5 Å². The summed E-state index contributed by atoms with van der Waals surface area (Å²) in [6.07, 6.45) is 4.19. The highest BCUT2D eigenvalue weighted by atomic mass is 35.5. The molecule has 3 aromatic rings. The summed E-state index contributed by atoms with van der Waals surface area (Å²) in [5.41, 5.74) is 0.876. The maximum Gasteiger partial charge on any atom is 0.264 e. The average molecular weight is 647 g/mol. The standard InChI is InChI=1S/C32H37Cl2N3O5S/c1-3-28(32(39)35-24-12-8-9-13-24)36(21-23-18-19-26(33)27(34)20-23)31(38)22-37(29-16-10-11-17-30(29)42-4-2)43(40,41)25-14-6-5-7-15-25/h5-7,10-11,14-20,24,28H,3-4,8-9,12-13,21-22H2,1-2H3,(H,35,39)/t28-/m0/s1. The van der Waals surface area contributed by atoms with Gasteiger partial charge in [-0.25, -0.2) is 8.42 Å². The van der Waals surface area contributed by atoms with Crippen LogP contribution in [-0.2, 0) is 26.2 Å². The van der Waals surface area contributed by atoms with Crippen LogP contribution in [0.15, 0.2) is 77.7 Å². The van der Waals surface area contributed by atoms with Crippen molar-refractivity contribution in [1.29, 1.82) is 0 Å². The van der Waals surface area contributed by atoms with E-state index in [1.165, 1.54) is 17.0 Å². The fraction of sp³-hybridized carbons (Fsp3) is 0.375. The van der Waals surface area contributed by atoms with E-state index < -0.39 is 28.5 Å². The van der Waals surface area contributed by atoms with Crippen molar-refractivity contribution in [2.24, 2.45) is 0 Å². The molecule has 0 bridgehead atoms. The van der Waals surface area contributed by atoms with Gasteiger partial charge in [0, 0.05) is 12.6 Å². The molecule has 0 saturated heterocycles. The molecule has 1 aliphatic rings. The van der Waals surface area contributed by atoms with E-state index in [4.69, 9.17) is 27.9 Å². The number of carbonyl (C=O) groups is 2. The number of nitrogens with zero attached hydrogens (tertiary/aromatic N) is 2. The minimum absolute atomic E-state index is 0.0242. The van der Waals surface area contributed by atoms with Crippen LogP contribution in [0, 0.1) is 0 Å². The van der Waals surface area contributed by atoms with E-state index in [-0.39, 0.29) is 29.1 Å². The molecule has 1 N–H and O–H groups in total. The second-order valence-electron chi connectivity index (χ2n) is 10.4. The number of halogens is 2. The number of hydrogen-bond acceptors (Lipinski definition) is 5. The lowest BCUT2D eigenvalue weighted by Crippen LogP contribution is -2.53. The van der Waals surface area contributed by atoms with Gasteiger partial charge in [0.2, 0.25) is 11.8 Å². The first-order chi connectivity index (χ1) is 20.6. The van der Waals surface area contributed by atoms with Crippen molar-refractivity contribution in [3.63, 3.8) is 0 Å². The zero-order valence-corrected chi connectivity index (χ0v) is 26.7. The molecular formula is C32H37Cl2N3O5S. The number of carbonyl (C=O) groups excluding carboxylic acids is 2. The van der Waals surface area contributed by atoms with Crippen molar-refractivity contribution in [3.8, 4) is 5.75 Å². The molecule has 43 heavy (non-hydrogen) atoms. The molecule has 8 nitrogen and oxygen atoms in total. The molecule has 3 aromatic carbocycles. The first-order valence-corrected chi connectivity index (χ1v) is 16.7. The largest absolute Gasteiger partial charge is 0.492 e. The molecule has 0 radical (unpaired) electrons. The number of para-hydroxylation sites is 2. The van der Waals surface area contributed by atoms with Crippen LogP contribution < -0.4 is 14.4 Å². The van der Waals surface area contributed by atoms with E-state index >= 15 is 0 Å². The van der Waals surface area contributed by atoms with Gasteiger partial charge in [0.25, 0.3) is 10.0 Å². The number of hydrogen-bond donors (Lipinski definition) is 1.